The van der Waals surface area contributed by atoms with Gasteiger partial charge in [-0.05, 0) is 63.8 Å². The summed E-state index contributed by atoms with van der Waals surface area (Å²) in [7, 11) is 0. The molecule has 2 saturated carbocycles. The molecule has 2 aromatic rings. The second kappa shape index (κ2) is 10.9. The molecule has 0 amide bonds. The Labute approximate surface area is 221 Å². The van der Waals surface area contributed by atoms with E-state index in [9.17, 15) is 0 Å². The molecule has 0 bridgehead atoms. The monoisotopic (exact) mass is 500 g/mol. The van der Waals surface area contributed by atoms with E-state index in [-0.39, 0.29) is 0 Å². The van der Waals surface area contributed by atoms with E-state index in [1.165, 1.54) is 62.5 Å². The van der Waals surface area contributed by atoms with Crippen molar-refractivity contribution in [3.63, 3.8) is 0 Å². The smallest absolute Gasteiger partial charge is 0.0913 e. The number of aryl methyl sites for hydroxylation is 2. The molecule has 4 atom stereocenters. The molecule has 0 aromatic heterocycles. The molecule has 0 radical (unpaired) electrons. The minimum Gasteiger partial charge on any atom is -0.266 e. The third kappa shape index (κ3) is 5.41. The number of nitrogens with zero attached hydrogens (tertiary/aromatic N) is 8. The third-order valence-electron chi connectivity index (χ3n) is 8.73. The normalized spacial score (nSPS) is 28.9. The van der Waals surface area contributed by atoms with Crippen molar-refractivity contribution in [2.75, 3.05) is 20.0 Å². The summed E-state index contributed by atoms with van der Waals surface area (Å²) in [6.45, 7) is 6.88. The Morgan fingerprint density at radius 1 is 0.568 bits per heavy atom. The number of rotatable bonds is 6. The molecule has 2 aliphatic heterocycles. The molecule has 37 heavy (non-hydrogen) atoms. The first-order valence-electron chi connectivity index (χ1n) is 14.1. The third-order valence-corrected chi connectivity index (χ3v) is 8.73. The lowest BCUT2D eigenvalue weighted by molar-refractivity contribution is 0.0801. The minimum absolute atomic E-state index is 0.463. The second-order valence-corrected chi connectivity index (χ2v) is 11.4. The Morgan fingerprint density at radius 2 is 0.946 bits per heavy atom. The highest BCUT2D eigenvalue weighted by atomic mass is 15.7. The van der Waals surface area contributed by atoms with E-state index in [1.807, 2.05) is 0 Å². The van der Waals surface area contributed by atoms with E-state index in [1.54, 1.807) is 0 Å². The van der Waals surface area contributed by atoms with Crippen LogP contribution in [0.5, 0.6) is 0 Å². The lowest BCUT2D eigenvalue weighted by Gasteiger charge is -2.35. The van der Waals surface area contributed by atoms with E-state index in [4.69, 9.17) is 10.4 Å². The van der Waals surface area contributed by atoms with Gasteiger partial charge in [0.2, 0.25) is 0 Å². The average Bonchev–Trinajstić information content (AvgIpc) is 3.46. The summed E-state index contributed by atoms with van der Waals surface area (Å²) < 4.78 is 0. The van der Waals surface area contributed by atoms with Gasteiger partial charge in [0.15, 0.2) is 0 Å². The summed E-state index contributed by atoms with van der Waals surface area (Å²) in [6.07, 6.45) is 10.1. The van der Waals surface area contributed by atoms with Gasteiger partial charge in [-0.3, -0.25) is 19.8 Å². The summed E-state index contributed by atoms with van der Waals surface area (Å²) in [6, 6.07) is 18.6. The quantitative estimate of drug-likeness (QED) is 0.413. The van der Waals surface area contributed by atoms with Crippen LogP contribution in [-0.2, 0) is 0 Å². The highest BCUT2D eigenvalue weighted by Gasteiger charge is 2.46. The molecule has 2 aliphatic carbocycles. The molecule has 4 unspecified atom stereocenters. The van der Waals surface area contributed by atoms with Crippen LogP contribution in [0.4, 0.5) is 11.4 Å². The predicted molar refractivity (Wildman–Crippen MR) is 145 cm³/mol. The van der Waals surface area contributed by atoms with Crippen LogP contribution in [0.3, 0.4) is 0 Å². The van der Waals surface area contributed by atoms with E-state index in [0.29, 0.717) is 24.2 Å². The lowest BCUT2D eigenvalue weighted by atomic mass is 9.90. The van der Waals surface area contributed by atoms with E-state index >= 15 is 0 Å². The van der Waals surface area contributed by atoms with Crippen molar-refractivity contribution in [3.8, 4) is 0 Å². The molecule has 0 N–H and O–H groups in total. The molecule has 2 heterocycles. The molecule has 2 saturated heterocycles. The zero-order valence-electron chi connectivity index (χ0n) is 22.3. The highest BCUT2D eigenvalue weighted by Crippen LogP contribution is 2.37. The van der Waals surface area contributed by atoms with Gasteiger partial charge in [-0.15, -0.1) is 10.2 Å². The van der Waals surface area contributed by atoms with Gasteiger partial charge in [0.1, 0.15) is 0 Å². The molecule has 8 heteroatoms. The topological polar surface area (TPSA) is 62.4 Å². The molecule has 6 rings (SSSR count). The lowest BCUT2D eigenvalue weighted by Crippen LogP contribution is -2.47. The molecular weight excluding hydrogens is 460 g/mol. The number of hydrogen-bond donors (Lipinski definition) is 0. The van der Waals surface area contributed by atoms with Gasteiger partial charge in [0.05, 0.1) is 43.5 Å². The minimum atomic E-state index is 0.463. The van der Waals surface area contributed by atoms with E-state index in [0.717, 1.165) is 31.4 Å². The summed E-state index contributed by atoms with van der Waals surface area (Å²) >= 11 is 0. The second-order valence-electron chi connectivity index (χ2n) is 11.4. The van der Waals surface area contributed by atoms with Gasteiger partial charge in [-0.1, -0.05) is 71.5 Å². The molecule has 8 nitrogen and oxygen atoms in total. The first-order chi connectivity index (χ1) is 18.1. The average molecular weight is 501 g/mol. The largest absolute Gasteiger partial charge is 0.266 e. The van der Waals surface area contributed by atoms with Crippen LogP contribution < -0.4 is 0 Å². The first kappa shape index (κ1) is 24.5. The van der Waals surface area contributed by atoms with Gasteiger partial charge >= 0.3 is 0 Å². The van der Waals surface area contributed by atoms with E-state index in [2.05, 4.69) is 92.4 Å². The van der Waals surface area contributed by atoms with Crippen molar-refractivity contribution in [1.29, 1.82) is 0 Å². The standard InChI is InChI=1S/C29H40N8/c1-22-11-15-24(16-12-22)30-32-36-20-34(26-7-3-5-9-28(26)36)19-35-21-37(29-10-6-4-8-27(29)35)33-31-25-17-13-23(2)14-18-25/h11-18,26-29H,3-10,19-21H2,1-2H3. The summed E-state index contributed by atoms with van der Waals surface area (Å²) in [5.74, 6) is 0. The van der Waals surface area contributed by atoms with Gasteiger partial charge in [0.25, 0.3) is 0 Å². The Balaban J connectivity index is 1.15. The van der Waals surface area contributed by atoms with Crippen LogP contribution in [0.1, 0.15) is 62.5 Å². The Morgan fingerprint density at radius 3 is 1.35 bits per heavy atom. The van der Waals surface area contributed by atoms with Crippen LogP contribution in [0.15, 0.2) is 69.2 Å². The fourth-order valence-corrected chi connectivity index (χ4v) is 6.69. The summed E-state index contributed by atoms with van der Waals surface area (Å²) in [4.78, 5) is 5.31. The zero-order chi connectivity index (χ0) is 25.2. The fraction of sp³-hybridized carbons (Fsp3) is 0.586. The van der Waals surface area contributed by atoms with Gasteiger partial charge in [-0.25, -0.2) is 0 Å². The van der Waals surface area contributed by atoms with Crippen molar-refractivity contribution in [1.82, 2.24) is 19.8 Å². The van der Waals surface area contributed by atoms with Crippen LogP contribution >= 0.6 is 0 Å². The summed E-state index contributed by atoms with van der Waals surface area (Å²) in [5.41, 5.74) is 4.35. The SMILES string of the molecule is Cc1ccc(N=NN2CN(CN3CN(N=Nc4ccc(C)cc4)C4CCCCC43)C3CCCCC32)cc1. The molecule has 0 spiro atoms. The highest BCUT2D eigenvalue weighted by molar-refractivity contribution is 5.38. The van der Waals surface area contributed by atoms with Crippen LogP contribution in [0.2, 0.25) is 0 Å². The van der Waals surface area contributed by atoms with Crippen molar-refractivity contribution in [3.05, 3.63) is 59.7 Å². The van der Waals surface area contributed by atoms with Crippen LogP contribution in [0.25, 0.3) is 0 Å². The molecule has 4 aliphatic rings. The molecule has 2 aromatic carbocycles. The summed E-state index contributed by atoms with van der Waals surface area (Å²) in [5, 5.41) is 23.2. The van der Waals surface area contributed by atoms with Gasteiger partial charge < -0.3 is 0 Å². The predicted octanol–water partition coefficient (Wildman–Crippen LogP) is 6.73. The van der Waals surface area contributed by atoms with E-state index < -0.39 is 0 Å². The maximum absolute atomic E-state index is 4.75. The number of benzene rings is 2. The number of hydrogen-bond acceptors (Lipinski definition) is 6. The Hall–Kier alpha value is -2.84. The van der Waals surface area contributed by atoms with Gasteiger partial charge in [-0.2, -0.15) is 0 Å². The first-order valence-corrected chi connectivity index (χ1v) is 14.1. The van der Waals surface area contributed by atoms with Crippen molar-refractivity contribution in [2.24, 2.45) is 20.7 Å². The van der Waals surface area contributed by atoms with Gasteiger partial charge in [0, 0.05) is 12.1 Å². The number of fused-ring (bicyclic) bond motifs is 2. The van der Waals surface area contributed by atoms with Crippen LogP contribution in [-0.4, -0.2) is 64.0 Å². The maximum atomic E-state index is 4.75. The van der Waals surface area contributed by atoms with Crippen LogP contribution in [0, 0.1) is 13.8 Å². The Kier molecular flexibility index (Phi) is 7.20. The molecule has 196 valence electrons. The maximum Gasteiger partial charge on any atom is 0.0913 e. The molecular formula is C29H40N8. The Bertz CT molecular complexity index is 1010. The van der Waals surface area contributed by atoms with Crippen molar-refractivity contribution < 1.29 is 0 Å². The van der Waals surface area contributed by atoms with Crippen molar-refractivity contribution >= 4 is 11.4 Å². The zero-order valence-corrected chi connectivity index (χ0v) is 22.3. The van der Waals surface area contributed by atoms with Crippen molar-refractivity contribution in [2.45, 2.75) is 89.4 Å². The molecule has 4 fully saturated rings. The fourth-order valence-electron chi connectivity index (χ4n) is 6.69.